The molecule has 3 rings (SSSR count). The predicted octanol–water partition coefficient (Wildman–Crippen LogP) is 2.13. The minimum atomic E-state index is -3.14. The average molecular weight is 366 g/mol. The highest BCUT2D eigenvalue weighted by atomic mass is 32.2. The fourth-order valence-electron chi connectivity index (χ4n) is 3.66. The van der Waals surface area contributed by atoms with E-state index >= 15 is 0 Å². The topological polar surface area (TPSA) is 61.4 Å². The Bertz CT molecular complexity index is 631. The molecule has 1 saturated heterocycles. The average Bonchev–Trinajstić information content (AvgIpc) is 3.02. The first-order chi connectivity index (χ1) is 12.0. The van der Waals surface area contributed by atoms with Crippen molar-refractivity contribution in [3.05, 3.63) is 35.9 Å². The normalized spacial score (nSPS) is 23.5. The number of benzene rings is 1. The van der Waals surface area contributed by atoms with Crippen LogP contribution in [0.3, 0.4) is 0 Å². The molecule has 1 aliphatic heterocycles. The van der Waals surface area contributed by atoms with Gasteiger partial charge in [-0.25, -0.2) is 13.1 Å². The van der Waals surface area contributed by atoms with Crippen LogP contribution in [0.25, 0.3) is 0 Å². The molecule has 1 aromatic rings. The Morgan fingerprint density at radius 2 is 1.96 bits per heavy atom. The smallest absolute Gasteiger partial charge is 0.212 e. The molecule has 140 valence electrons. The summed E-state index contributed by atoms with van der Waals surface area (Å²) in [6.07, 6.45) is 4.65. The lowest BCUT2D eigenvalue weighted by Crippen LogP contribution is -2.40. The van der Waals surface area contributed by atoms with E-state index in [2.05, 4.69) is 46.1 Å². The fourth-order valence-corrected chi connectivity index (χ4v) is 4.68. The number of sulfonamides is 1. The highest BCUT2D eigenvalue weighted by Crippen LogP contribution is 2.25. The summed E-state index contributed by atoms with van der Waals surface area (Å²) in [7, 11) is -3.14. The Kier molecular flexibility index (Phi) is 6.49. The molecule has 25 heavy (non-hydrogen) atoms. The maximum absolute atomic E-state index is 12.0. The van der Waals surface area contributed by atoms with Gasteiger partial charge in [0.1, 0.15) is 0 Å². The summed E-state index contributed by atoms with van der Waals surface area (Å²) >= 11 is 0. The number of nitrogens with zero attached hydrogens (tertiary/aromatic N) is 1. The van der Waals surface area contributed by atoms with E-state index in [0.29, 0.717) is 31.1 Å². The van der Waals surface area contributed by atoms with Gasteiger partial charge in [0.2, 0.25) is 10.0 Å². The van der Waals surface area contributed by atoms with Crippen LogP contribution in [0, 0.1) is 5.92 Å². The summed E-state index contributed by atoms with van der Waals surface area (Å²) in [6, 6.07) is 11.3. The van der Waals surface area contributed by atoms with Crippen molar-refractivity contribution >= 4 is 10.0 Å². The molecule has 2 N–H and O–H groups in total. The minimum Gasteiger partial charge on any atom is -0.312 e. The third kappa shape index (κ3) is 5.51. The molecular formula is C19H31N3O2S. The number of hydrogen-bond donors (Lipinski definition) is 2. The molecule has 0 radical (unpaired) electrons. The van der Waals surface area contributed by atoms with Crippen molar-refractivity contribution in [3.8, 4) is 0 Å². The highest BCUT2D eigenvalue weighted by Gasteiger charge is 2.27. The molecule has 5 nitrogen and oxygen atoms in total. The van der Waals surface area contributed by atoms with Gasteiger partial charge in [-0.2, -0.15) is 0 Å². The van der Waals surface area contributed by atoms with Gasteiger partial charge in [0, 0.05) is 38.3 Å². The van der Waals surface area contributed by atoms with E-state index in [-0.39, 0.29) is 5.75 Å². The zero-order valence-corrected chi connectivity index (χ0v) is 16.0. The van der Waals surface area contributed by atoms with Crippen molar-refractivity contribution in [1.82, 2.24) is 14.9 Å². The van der Waals surface area contributed by atoms with Crippen molar-refractivity contribution in [2.24, 2.45) is 5.92 Å². The molecule has 1 heterocycles. The zero-order chi connectivity index (χ0) is 17.7. The lowest BCUT2D eigenvalue weighted by molar-refractivity contribution is 0.256. The monoisotopic (exact) mass is 365 g/mol. The molecular weight excluding hydrogens is 334 g/mol. The number of nitrogens with one attached hydrogen (secondary N) is 2. The van der Waals surface area contributed by atoms with Crippen LogP contribution < -0.4 is 10.0 Å². The van der Waals surface area contributed by atoms with Crippen LogP contribution in [0.5, 0.6) is 0 Å². The van der Waals surface area contributed by atoms with Crippen LogP contribution in [0.4, 0.5) is 0 Å². The second-order valence-electron chi connectivity index (χ2n) is 7.49. The van der Waals surface area contributed by atoms with E-state index in [0.717, 1.165) is 32.4 Å². The van der Waals surface area contributed by atoms with Gasteiger partial charge < -0.3 is 5.32 Å². The fraction of sp³-hybridized carbons (Fsp3) is 0.684. The molecule has 1 saturated carbocycles. The second-order valence-corrected chi connectivity index (χ2v) is 9.41. The quantitative estimate of drug-likeness (QED) is 0.704. The van der Waals surface area contributed by atoms with Crippen molar-refractivity contribution in [2.75, 3.05) is 31.9 Å². The van der Waals surface area contributed by atoms with Gasteiger partial charge >= 0.3 is 0 Å². The van der Waals surface area contributed by atoms with Gasteiger partial charge in [-0.3, -0.25) is 4.90 Å². The molecule has 1 aromatic carbocycles. The lowest BCUT2D eigenvalue weighted by atomic mass is 9.86. The van der Waals surface area contributed by atoms with Crippen molar-refractivity contribution in [3.63, 3.8) is 0 Å². The SMILES string of the molecule is C[C@@H](c1ccccc1)N1CC[C@@H](NCCS(=O)(=O)NCC2CCC2)C1. The molecule has 2 fully saturated rings. The largest absolute Gasteiger partial charge is 0.312 e. The summed E-state index contributed by atoms with van der Waals surface area (Å²) < 4.78 is 26.8. The third-order valence-electron chi connectivity index (χ3n) is 5.67. The van der Waals surface area contributed by atoms with E-state index in [1.54, 1.807) is 0 Å². The third-order valence-corrected chi connectivity index (χ3v) is 7.02. The molecule has 0 unspecified atom stereocenters. The first-order valence-electron chi connectivity index (χ1n) is 9.53. The predicted molar refractivity (Wildman–Crippen MR) is 102 cm³/mol. The maximum atomic E-state index is 12.0. The Morgan fingerprint density at radius 3 is 2.64 bits per heavy atom. The first-order valence-corrected chi connectivity index (χ1v) is 11.2. The molecule has 1 aliphatic carbocycles. The van der Waals surface area contributed by atoms with Gasteiger partial charge in [-0.1, -0.05) is 36.8 Å². The van der Waals surface area contributed by atoms with Crippen molar-refractivity contribution in [1.29, 1.82) is 0 Å². The Morgan fingerprint density at radius 1 is 1.20 bits per heavy atom. The maximum Gasteiger partial charge on any atom is 0.212 e. The first kappa shape index (κ1) is 18.8. The van der Waals surface area contributed by atoms with Crippen LogP contribution in [0.15, 0.2) is 30.3 Å². The van der Waals surface area contributed by atoms with E-state index in [9.17, 15) is 8.42 Å². The van der Waals surface area contributed by atoms with Gasteiger partial charge in [-0.05, 0) is 37.7 Å². The highest BCUT2D eigenvalue weighted by molar-refractivity contribution is 7.89. The molecule has 0 aromatic heterocycles. The second kappa shape index (κ2) is 8.62. The van der Waals surface area contributed by atoms with E-state index in [1.165, 1.54) is 12.0 Å². The van der Waals surface area contributed by atoms with E-state index in [4.69, 9.17) is 0 Å². The molecule has 0 spiro atoms. The number of rotatable bonds is 9. The minimum absolute atomic E-state index is 0.171. The molecule has 6 heteroatoms. The zero-order valence-electron chi connectivity index (χ0n) is 15.2. The van der Waals surface area contributed by atoms with Crippen LogP contribution in [0.2, 0.25) is 0 Å². The van der Waals surface area contributed by atoms with E-state index < -0.39 is 10.0 Å². The molecule has 0 amide bonds. The van der Waals surface area contributed by atoms with E-state index in [1.807, 2.05) is 6.07 Å². The van der Waals surface area contributed by atoms with Crippen LogP contribution in [-0.2, 0) is 10.0 Å². The Hall–Kier alpha value is -0.950. The summed E-state index contributed by atoms with van der Waals surface area (Å²) in [5.74, 6) is 0.732. The summed E-state index contributed by atoms with van der Waals surface area (Å²) in [4.78, 5) is 2.47. The van der Waals surface area contributed by atoms with Gasteiger partial charge in [0.05, 0.1) is 5.75 Å². The van der Waals surface area contributed by atoms with Crippen LogP contribution >= 0.6 is 0 Å². The molecule has 0 bridgehead atoms. The standard InChI is InChI=1S/C19H31N3O2S/c1-16(18-8-3-2-4-9-18)22-12-10-19(15-22)20-11-13-25(23,24)21-14-17-6-5-7-17/h2-4,8-9,16-17,19-21H,5-7,10-15H2,1H3/t16-,19+/m0/s1. The summed E-state index contributed by atoms with van der Waals surface area (Å²) in [5, 5.41) is 3.43. The van der Waals surface area contributed by atoms with Crippen LogP contribution in [0.1, 0.15) is 44.2 Å². The Labute approximate surface area is 152 Å². The summed E-state index contributed by atoms with van der Waals surface area (Å²) in [5.41, 5.74) is 1.34. The van der Waals surface area contributed by atoms with Gasteiger partial charge in [0.25, 0.3) is 0 Å². The molecule has 2 atom stereocenters. The van der Waals surface area contributed by atoms with Gasteiger partial charge in [-0.15, -0.1) is 0 Å². The summed E-state index contributed by atoms with van der Waals surface area (Å²) in [6.45, 7) is 5.42. The molecule has 2 aliphatic rings. The van der Waals surface area contributed by atoms with Crippen molar-refractivity contribution in [2.45, 2.75) is 44.7 Å². The van der Waals surface area contributed by atoms with Gasteiger partial charge in [0.15, 0.2) is 0 Å². The van der Waals surface area contributed by atoms with Crippen LogP contribution in [-0.4, -0.2) is 51.3 Å². The number of likely N-dealkylation sites (tertiary alicyclic amines) is 1. The lowest BCUT2D eigenvalue weighted by Gasteiger charge is -2.25. The Balaban J connectivity index is 1.36. The number of hydrogen-bond acceptors (Lipinski definition) is 4. The van der Waals surface area contributed by atoms with Crippen molar-refractivity contribution < 1.29 is 8.42 Å².